The quantitative estimate of drug-likeness (QED) is 0.529. The highest BCUT2D eigenvalue weighted by atomic mass is 19.2. The molecule has 1 nitrogen and oxygen atoms in total. The molecule has 0 atom stereocenters. The minimum atomic E-state index is -1.09. The molecule has 0 fully saturated rings. The molecule has 0 bridgehead atoms. The Kier molecular flexibility index (Phi) is 5.20. The Labute approximate surface area is 123 Å². The molecule has 3 heteroatoms. The summed E-state index contributed by atoms with van der Waals surface area (Å²) in [5, 5.41) is 0. The second-order valence-corrected chi connectivity index (χ2v) is 5.09. The molecule has 0 saturated heterocycles. The maximum Gasteiger partial charge on any atom is 0.169 e. The van der Waals surface area contributed by atoms with Crippen LogP contribution in [0.1, 0.15) is 42.1 Å². The van der Waals surface area contributed by atoms with E-state index >= 15 is 0 Å². The van der Waals surface area contributed by atoms with E-state index in [4.69, 9.17) is 0 Å². The van der Waals surface area contributed by atoms with Crippen LogP contribution in [0, 0.1) is 11.6 Å². The molecular formula is C18H18F2O. The summed E-state index contributed by atoms with van der Waals surface area (Å²) < 4.78 is 26.8. The SMILES string of the molecule is CCCCCc1ccc(-c2ccc(F)c(F)c2C=O)cc1. The first-order valence-electron chi connectivity index (χ1n) is 7.20. The van der Waals surface area contributed by atoms with Gasteiger partial charge in [0, 0.05) is 0 Å². The highest BCUT2D eigenvalue weighted by Gasteiger charge is 2.14. The summed E-state index contributed by atoms with van der Waals surface area (Å²) in [6.45, 7) is 2.16. The standard InChI is InChI=1S/C18H18F2O/c1-2-3-4-5-13-6-8-14(9-7-13)15-10-11-17(19)18(20)16(15)12-21/h6-12H,2-5H2,1H3. The number of hydrogen-bond donors (Lipinski definition) is 0. The molecule has 0 aromatic heterocycles. The number of unbranched alkanes of at least 4 members (excludes halogenated alkanes) is 2. The van der Waals surface area contributed by atoms with Gasteiger partial charge in [0.1, 0.15) is 0 Å². The summed E-state index contributed by atoms with van der Waals surface area (Å²) in [7, 11) is 0. The van der Waals surface area contributed by atoms with E-state index in [1.54, 1.807) is 0 Å². The third-order valence-electron chi connectivity index (χ3n) is 3.58. The van der Waals surface area contributed by atoms with Crippen LogP contribution in [0.5, 0.6) is 0 Å². The Hall–Kier alpha value is -2.03. The molecule has 2 aromatic rings. The lowest BCUT2D eigenvalue weighted by Gasteiger charge is -2.08. The van der Waals surface area contributed by atoms with Crippen LogP contribution in [-0.2, 0) is 6.42 Å². The third kappa shape index (κ3) is 3.54. The summed E-state index contributed by atoms with van der Waals surface area (Å²) in [5.74, 6) is -2.09. The van der Waals surface area contributed by atoms with Crippen molar-refractivity contribution in [1.29, 1.82) is 0 Å². The van der Waals surface area contributed by atoms with E-state index in [0.29, 0.717) is 11.8 Å². The molecule has 0 aliphatic rings. The number of hydrogen-bond acceptors (Lipinski definition) is 1. The van der Waals surface area contributed by atoms with Gasteiger partial charge in [-0.25, -0.2) is 8.78 Å². The number of carbonyl (C=O) groups is 1. The predicted octanol–water partition coefficient (Wildman–Crippen LogP) is 5.18. The Morgan fingerprint density at radius 3 is 2.33 bits per heavy atom. The van der Waals surface area contributed by atoms with Gasteiger partial charge in [0.15, 0.2) is 17.9 Å². The van der Waals surface area contributed by atoms with Gasteiger partial charge in [0.2, 0.25) is 0 Å². The third-order valence-corrected chi connectivity index (χ3v) is 3.58. The van der Waals surface area contributed by atoms with E-state index in [2.05, 4.69) is 6.92 Å². The maximum absolute atomic E-state index is 13.6. The molecule has 0 amide bonds. The topological polar surface area (TPSA) is 17.1 Å². The molecule has 0 aliphatic heterocycles. The number of benzene rings is 2. The van der Waals surface area contributed by atoms with Crippen molar-refractivity contribution in [1.82, 2.24) is 0 Å². The van der Waals surface area contributed by atoms with Crippen molar-refractivity contribution in [2.75, 3.05) is 0 Å². The molecular weight excluding hydrogens is 270 g/mol. The zero-order valence-corrected chi connectivity index (χ0v) is 12.0. The highest BCUT2D eigenvalue weighted by molar-refractivity contribution is 5.87. The molecule has 2 rings (SSSR count). The van der Waals surface area contributed by atoms with E-state index in [1.807, 2.05) is 24.3 Å². The number of aldehydes is 1. The lowest BCUT2D eigenvalue weighted by molar-refractivity contribution is 0.111. The molecule has 0 radical (unpaired) electrons. The van der Waals surface area contributed by atoms with Gasteiger partial charge in [-0.3, -0.25) is 4.79 Å². The van der Waals surface area contributed by atoms with Gasteiger partial charge in [-0.2, -0.15) is 0 Å². The van der Waals surface area contributed by atoms with Crippen molar-refractivity contribution < 1.29 is 13.6 Å². The summed E-state index contributed by atoms with van der Waals surface area (Å²) in [4.78, 5) is 11.0. The summed E-state index contributed by atoms with van der Waals surface area (Å²) in [6, 6.07) is 10.1. The Morgan fingerprint density at radius 1 is 1.00 bits per heavy atom. The number of aryl methyl sites for hydroxylation is 1. The number of carbonyl (C=O) groups excluding carboxylic acids is 1. The minimum Gasteiger partial charge on any atom is -0.298 e. The second kappa shape index (κ2) is 7.11. The average Bonchev–Trinajstić information content (AvgIpc) is 2.51. The molecule has 0 unspecified atom stereocenters. The molecule has 110 valence electrons. The van der Waals surface area contributed by atoms with Gasteiger partial charge >= 0.3 is 0 Å². The van der Waals surface area contributed by atoms with E-state index in [0.717, 1.165) is 24.5 Å². The van der Waals surface area contributed by atoms with Crippen molar-refractivity contribution in [2.45, 2.75) is 32.6 Å². The van der Waals surface area contributed by atoms with Crippen LogP contribution >= 0.6 is 0 Å². The van der Waals surface area contributed by atoms with Gasteiger partial charge in [0.05, 0.1) is 5.56 Å². The zero-order chi connectivity index (χ0) is 15.2. The fourth-order valence-corrected chi connectivity index (χ4v) is 2.36. The summed E-state index contributed by atoms with van der Waals surface area (Å²) in [5.41, 5.74) is 2.12. The molecule has 0 spiro atoms. The normalized spacial score (nSPS) is 10.6. The summed E-state index contributed by atoms with van der Waals surface area (Å²) >= 11 is 0. The lowest BCUT2D eigenvalue weighted by Crippen LogP contribution is -1.96. The van der Waals surface area contributed by atoms with Crippen molar-refractivity contribution >= 4 is 6.29 Å². The molecule has 0 N–H and O–H groups in total. The molecule has 21 heavy (non-hydrogen) atoms. The van der Waals surface area contributed by atoms with Crippen molar-refractivity contribution in [3.63, 3.8) is 0 Å². The van der Waals surface area contributed by atoms with Crippen LogP contribution in [0.3, 0.4) is 0 Å². The Morgan fingerprint density at radius 2 is 1.71 bits per heavy atom. The first-order valence-corrected chi connectivity index (χ1v) is 7.20. The Balaban J connectivity index is 2.27. The second-order valence-electron chi connectivity index (χ2n) is 5.09. The van der Waals surface area contributed by atoms with Crippen molar-refractivity contribution in [3.05, 3.63) is 59.2 Å². The van der Waals surface area contributed by atoms with E-state index in [-0.39, 0.29) is 5.56 Å². The zero-order valence-electron chi connectivity index (χ0n) is 12.0. The van der Waals surface area contributed by atoms with E-state index in [1.165, 1.54) is 24.5 Å². The van der Waals surface area contributed by atoms with Crippen LogP contribution in [-0.4, -0.2) is 6.29 Å². The lowest BCUT2D eigenvalue weighted by atomic mass is 9.97. The molecule has 2 aromatic carbocycles. The van der Waals surface area contributed by atoms with Crippen LogP contribution in [0.15, 0.2) is 36.4 Å². The monoisotopic (exact) mass is 288 g/mol. The largest absolute Gasteiger partial charge is 0.298 e. The van der Waals surface area contributed by atoms with Crippen LogP contribution in [0.2, 0.25) is 0 Å². The minimum absolute atomic E-state index is 0.228. The predicted molar refractivity (Wildman–Crippen MR) is 80.4 cm³/mol. The first-order chi connectivity index (χ1) is 10.2. The van der Waals surface area contributed by atoms with Gasteiger partial charge < -0.3 is 0 Å². The first kappa shape index (κ1) is 15.4. The van der Waals surface area contributed by atoms with Crippen molar-refractivity contribution in [3.8, 4) is 11.1 Å². The van der Waals surface area contributed by atoms with Gasteiger partial charge in [0.25, 0.3) is 0 Å². The molecule has 0 saturated carbocycles. The smallest absolute Gasteiger partial charge is 0.169 e. The van der Waals surface area contributed by atoms with E-state index < -0.39 is 11.6 Å². The average molecular weight is 288 g/mol. The Bertz CT molecular complexity index is 618. The van der Waals surface area contributed by atoms with Crippen LogP contribution in [0.25, 0.3) is 11.1 Å². The van der Waals surface area contributed by atoms with Gasteiger partial charge in [-0.15, -0.1) is 0 Å². The van der Waals surface area contributed by atoms with Crippen LogP contribution in [0.4, 0.5) is 8.78 Å². The van der Waals surface area contributed by atoms with Crippen molar-refractivity contribution in [2.24, 2.45) is 0 Å². The van der Waals surface area contributed by atoms with Crippen LogP contribution < -0.4 is 0 Å². The molecule has 0 heterocycles. The highest BCUT2D eigenvalue weighted by Crippen LogP contribution is 2.26. The maximum atomic E-state index is 13.6. The van der Waals surface area contributed by atoms with E-state index in [9.17, 15) is 13.6 Å². The number of rotatable bonds is 6. The summed E-state index contributed by atoms with van der Waals surface area (Å²) in [6.07, 6.45) is 4.88. The molecule has 0 aliphatic carbocycles. The van der Waals surface area contributed by atoms with Gasteiger partial charge in [-0.1, -0.05) is 50.1 Å². The number of halogens is 2. The fourth-order valence-electron chi connectivity index (χ4n) is 2.36. The van der Waals surface area contributed by atoms with Gasteiger partial charge in [-0.05, 0) is 35.6 Å². The fraction of sp³-hybridized carbons (Fsp3) is 0.278.